The first-order chi connectivity index (χ1) is 6.72. The number of fused-ring (bicyclic) bond motifs is 1. The Hall–Kier alpha value is -0.0500. The number of pyridine rings is 1. The van der Waals surface area contributed by atoms with E-state index in [9.17, 15) is 4.39 Å². The number of nitrogens with zero attached hydrogens (tertiary/aromatic N) is 2. The molecule has 2 heterocycles. The van der Waals surface area contributed by atoms with Gasteiger partial charge in [-0.25, -0.2) is 2.51 Å². The number of rotatable bonds is 2. The van der Waals surface area contributed by atoms with Crippen LogP contribution in [0.5, 0.6) is 0 Å². The van der Waals surface area contributed by atoms with Crippen LogP contribution < -0.4 is 0 Å². The number of halogens is 3. The molecule has 0 spiro atoms. The van der Waals surface area contributed by atoms with E-state index in [1.165, 1.54) is 6.07 Å². The molecule has 74 valence electrons. The fraction of sp³-hybridized carbons (Fsp3) is 0. The minimum atomic E-state index is -0.673. The molecule has 2 aromatic heterocycles. The average molecular weight is 345 g/mol. The lowest BCUT2D eigenvalue weighted by Crippen LogP contribution is -1.90. The molecule has 0 radical (unpaired) electrons. The van der Waals surface area contributed by atoms with Gasteiger partial charge in [0.05, 0.1) is 5.02 Å². The summed E-state index contributed by atoms with van der Waals surface area (Å²) in [7, 11) is 0. The molecule has 0 aliphatic carbocycles. The zero-order chi connectivity index (χ0) is 10.1. The van der Waals surface area contributed by atoms with E-state index in [1.807, 2.05) is 0 Å². The second kappa shape index (κ2) is 4.21. The molecule has 0 fully saturated rings. The molecule has 14 heavy (non-hydrogen) atoms. The Kier molecular flexibility index (Phi) is 3.15. The fourth-order valence-corrected chi connectivity index (χ4v) is 2.15. The van der Waals surface area contributed by atoms with Gasteiger partial charge in [-0.05, 0) is 12.1 Å². The minimum Gasteiger partial charge on any atom is -0.251 e. The summed E-state index contributed by atoms with van der Waals surface area (Å²) in [5.74, 6) is -0.673. The quantitative estimate of drug-likeness (QED) is 0.473. The zero-order valence-corrected chi connectivity index (χ0v) is 10.3. The molecule has 2 aromatic rings. The molecule has 3 nitrogen and oxygen atoms in total. The van der Waals surface area contributed by atoms with Crippen molar-refractivity contribution < 1.29 is 6.90 Å². The van der Waals surface area contributed by atoms with Crippen LogP contribution in [-0.2, 0) is 2.51 Å². The maximum atomic E-state index is 13.0. The lowest BCUT2D eigenvalue weighted by molar-refractivity contribution is 0.588. The molecule has 0 amide bonds. The Bertz CT molecular complexity index is 478. The topological polar surface area (TPSA) is 27.1 Å². The highest BCUT2D eigenvalue weighted by molar-refractivity contribution is 14.1. The van der Waals surface area contributed by atoms with Crippen LogP contribution in [0.1, 0.15) is 0 Å². The summed E-state index contributed by atoms with van der Waals surface area (Å²) in [6, 6.07) is 3.32. The van der Waals surface area contributed by atoms with E-state index in [1.54, 1.807) is 39.2 Å². The van der Waals surface area contributed by atoms with Crippen molar-refractivity contribution in [2.75, 3.05) is 0 Å². The Morgan fingerprint density at radius 3 is 3.14 bits per heavy atom. The van der Waals surface area contributed by atoms with Crippen molar-refractivity contribution in [2.45, 2.75) is 0 Å². The van der Waals surface area contributed by atoms with Gasteiger partial charge in [-0.1, -0.05) is 11.6 Å². The molecule has 0 bridgehead atoms. The molecule has 0 unspecified atom stereocenters. The van der Waals surface area contributed by atoms with Gasteiger partial charge >= 0.3 is 0 Å². The normalized spacial score (nSPS) is 11.1. The van der Waals surface area contributed by atoms with Crippen LogP contribution in [0.15, 0.2) is 18.3 Å². The third-order valence-corrected chi connectivity index (χ3v) is 2.91. The summed E-state index contributed by atoms with van der Waals surface area (Å²) in [6.07, 6.45) is 1.73. The van der Waals surface area contributed by atoms with Crippen molar-refractivity contribution in [3.63, 3.8) is 0 Å². The second-order valence-electron chi connectivity index (χ2n) is 2.45. The third kappa shape index (κ3) is 1.83. The lowest BCUT2D eigenvalue weighted by atomic mass is 10.3. The van der Waals surface area contributed by atoms with Crippen LogP contribution in [-0.4, -0.2) is 8.96 Å². The van der Waals surface area contributed by atoms with Gasteiger partial charge in [0.15, 0.2) is 5.65 Å². The van der Waals surface area contributed by atoms with E-state index >= 15 is 0 Å². The molecular weight excluding hydrogens is 342 g/mol. The monoisotopic (exact) mass is 344 g/mol. The van der Waals surface area contributed by atoms with Gasteiger partial charge in [-0.15, -0.1) is 0 Å². The third-order valence-electron chi connectivity index (χ3n) is 1.65. The van der Waals surface area contributed by atoms with Crippen LogP contribution in [0.3, 0.4) is 0 Å². The summed E-state index contributed by atoms with van der Waals surface area (Å²) in [4.78, 5) is 3.71. The predicted octanol–water partition coefficient (Wildman–Crippen LogP) is 3.61. The highest BCUT2D eigenvalue weighted by Gasteiger charge is 2.08. The van der Waals surface area contributed by atoms with Gasteiger partial charge in [0.2, 0.25) is 5.95 Å². The zero-order valence-electron chi connectivity index (χ0n) is 6.58. The second-order valence-corrected chi connectivity index (χ2v) is 4.61. The SMILES string of the molecule is Fc1nc2c(ccn2SOI)cc1Cl. The standard InChI is InChI=1S/C7H3ClFIN2OS/c8-5-3-4-1-2-12(14-13-10)7(4)11-6(5)9/h1-3H. The Balaban J connectivity index is 2.61. The number of hydrogen-bond acceptors (Lipinski definition) is 3. The van der Waals surface area contributed by atoms with Gasteiger partial charge in [0.1, 0.15) is 35.2 Å². The largest absolute Gasteiger partial charge is 0.251 e. The molecule has 0 aliphatic heterocycles. The molecule has 0 saturated carbocycles. The van der Waals surface area contributed by atoms with E-state index in [-0.39, 0.29) is 5.02 Å². The number of aromatic nitrogens is 2. The summed E-state index contributed by atoms with van der Waals surface area (Å²) in [5, 5.41) is 0.799. The van der Waals surface area contributed by atoms with E-state index in [0.717, 1.165) is 17.6 Å². The van der Waals surface area contributed by atoms with Gasteiger partial charge in [0, 0.05) is 11.6 Å². The Morgan fingerprint density at radius 1 is 1.64 bits per heavy atom. The van der Waals surface area contributed by atoms with E-state index < -0.39 is 5.95 Å². The first-order valence-electron chi connectivity index (χ1n) is 3.51. The van der Waals surface area contributed by atoms with Gasteiger partial charge in [-0.3, -0.25) is 3.97 Å². The molecule has 0 aliphatic rings. The smallest absolute Gasteiger partial charge is 0.233 e. The summed E-state index contributed by atoms with van der Waals surface area (Å²) < 4.78 is 19.5. The molecule has 7 heteroatoms. The molecular formula is C7H3ClFIN2OS. The average Bonchev–Trinajstić information content (AvgIpc) is 2.51. The summed E-state index contributed by atoms with van der Waals surface area (Å²) >= 11 is 8.38. The number of hydrogen-bond donors (Lipinski definition) is 0. The lowest BCUT2D eigenvalue weighted by Gasteiger charge is -1.99. The first-order valence-corrected chi connectivity index (χ1v) is 5.47. The van der Waals surface area contributed by atoms with Crippen molar-refractivity contribution in [3.8, 4) is 0 Å². The van der Waals surface area contributed by atoms with E-state index in [0.29, 0.717) is 5.65 Å². The molecule has 0 atom stereocenters. The van der Waals surface area contributed by atoms with Gasteiger partial charge in [0.25, 0.3) is 0 Å². The summed E-state index contributed by atoms with van der Waals surface area (Å²) in [5.41, 5.74) is 0.494. The van der Waals surface area contributed by atoms with Gasteiger partial charge in [-0.2, -0.15) is 9.37 Å². The van der Waals surface area contributed by atoms with Crippen LogP contribution in [0.2, 0.25) is 5.02 Å². The van der Waals surface area contributed by atoms with Crippen molar-refractivity contribution in [2.24, 2.45) is 0 Å². The minimum absolute atomic E-state index is 0.0237. The van der Waals surface area contributed by atoms with Crippen molar-refractivity contribution >= 4 is 57.9 Å². The molecule has 0 N–H and O–H groups in total. The molecule has 0 saturated heterocycles. The Labute approximate surface area is 103 Å². The van der Waals surface area contributed by atoms with E-state index in [4.69, 9.17) is 14.1 Å². The Morgan fingerprint density at radius 2 is 2.43 bits per heavy atom. The highest BCUT2D eigenvalue weighted by Crippen LogP contribution is 2.24. The van der Waals surface area contributed by atoms with Crippen LogP contribution in [0.25, 0.3) is 11.0 Å². The molecule has 2 rings (SSSR count). The van der Waals surface area contributed by atoms with Crippen LogP contribution in [0.4, 0.5) is 4.39 Å². The van der Waals surface area contributed by atoms with E-state index in [2.05, 4.69) is 4.98 Å². The fourth-order valence-electron chi connectivity index (χ4n) is 1.08. The van der Waals surface area contributed by atoms with Crippen molar-refractivity contribution in [3.05, 3.63) is 29.3 Å². The highest BCUT2D eigenvalue weighted by atomic mass is 127. The summed E-state index contributed by atoms with van der Waals surface area (Å²) in [6.45, 7) is 0. The van der Waals surface area contributed by atoms with Crippen molar-refractivity contribution in [1.82, 2.24) is 8.96 Å². The van der Waals surface area contributed by atoms with Crippen LogP contribution >= 0.6 is 46.8 Å². The van der Waals surface area contributed by atoms with Crippen molar-refractivity contribution in [1.29, 1.82) is 0 Å². The maximum absolute atomic E-state index is 13.0. The maximum Gasteiger partial charge on any atom is 0.233 e. The van der Waals surface area contributed by atoms with Crippen LogP contribution in [0, 0.1) is 5.95 Å². The predicted molar refractivity (Wildman–Crippen MR) is 62.8 cm³/mol. The first kappa shape index (κ1) is 10.5. The molecule has 0 aromatic carbocycles. The van der Waals surface area contributed by atoms with Gasteiger partial charge < -0.3 is 0 Å².